The van der Waals surface area contributed by atoms with Crippen LogP contribution in [0.25, 0.3) is 0 Å². The van der Waals surface area contributed by atoms with Gasteiger partial charge in [0, 0.05) is 18.3 Å². The standard InChI is InChI=1S/C24H27N3O4S/c1-5-18(4)26-23(28)21-10-7-13-25-24(21)31-20-9-6-8-19(15-20)27-32(29,30)22-12-11-16(2)14-17(22)3/h6-15,18,27H,5H2,1-4H3,(H,26,28)/t18-/m0/s1. The zero-order valence-corrected chi connectivity index (χ0v) is 19.4. The molecule has 0 spiro atoms. The average molecular weight is 454 g/mol. The van der Waals surface area contributed by atoms with Crippen molar-refractivity contribution < 1.29 is 17.9 Å². The van der Waals surface area contributed by atoms with E-state index in [1.54, 1.807) is 55.5 Å². The van der Waals surface area contributed by atoms with E-state index < -0.39 is 10.0 Å². The van der Waals surface area contributed by atoms with E-state index >= 15 is 0 Å². The van der Waals surface area contributed by atoms with Crippen LogP contribution in [0.4, 0.5) is 5.69 Å². The lowest BCUT2D eigenvalue weighted by Gasteiger charge is -2.14. The second-order valence-corrected chi connectivity index (χ2v) is 9.29. The highest BCUT2D eigenvalue weighted by Crippen LogP contribution is 2.27. The van der Waals surface area contributed by atoms with Gasteiger partial charge in [0.05, 0.1) is 10.6 Å². The van der Waals surface area contributed by atoms with Crippen LogP contribution in [-0.4, -0.2) is 25.4 Å². The number of aromatic nitrogens is 1. The third-order valence-electron chi connectivity index (χ3n) is 4.93. The molecule has 3 aromatic rings. The molecule has 2 aromatic carbocycles. The fourth-order valence-corrected chi connectivity index (χ4v) is 4.37. The Bertz CT molecular complexity index is 1230. The van der Waals surface area contributed by atoms with Crippen molar-refractivity contribution in [2.24, 2.45) is 0 Å². The summed E-state index contributed by atoms with van der Waals surface area (Å²) in [6, 6.07) is 15.0. The van der Waals surface area contributed by atoms with Gasteiger partial charge in [-0.05, 0) is 63.1 Å². The number of nitrogens with one attached hydrogen (secondary N) is 2. The maximum Gasteiger partial charge on any atom is 0.262 e. The van der Waals surface area contributed by atoms with Gasteiger partial charge in [-0.25, -0.2) is 13.4 Å². The number of aryl methyl sites for hydroxylation is 2. The third kappa shape index (κ3) is 5.64. The smallest absolute Gasteiger partial charge is 0.262 e. The van der Waals surface area contributed by atoms with E-state index in [4.69, 9.17) is 4.74 Å². The summed E-state index contributed by atoms with van der Waals surface area (Å²) in [6.45, 7) is 7.57. The number of nitrogens with zero attached hydrogens (tertiary/aromatic N) is 1. The maximum atomic E-state index is 12.9. The van der Waals surface area contributed by atoms with Crippen LogP contribution < -0.4 is 14.8 Å². The third-order valence-corrected chi connectivity index (χ3v) is 6.47. The molecule has 1 atom stereocenters. The van der Waals surface area contributed by atoms with Gasteiger partial charge in [0.15, 0.2) is 0 Å². The molecule has 0 saturated carbocycles. The van der Waals surface area contributed by atoms with Gasteiger partial charge >= 0.3 is 0 Å². The quantitative estimate of drug-likeness (QED) is 0.510. The fourth-order valence-electron chi connectivity index (χ4n) is 3.09. The first-order valence-corrected chi connectivity index (χ1v) is 11.8. The first-order valence-electron chi connectivity index (χ1n) is 10.3. The number of benzene rings is 2. The molecule has 2 N–H and O–H groups in total. The first-order chi connectivity index (χ1) is 15.2. The Morgan fingerprint density at radius 3 is 2.59 bits per heavy atom. The van der Waals surface area contributed by atoms with Gasteiger partial charge < -0.3 is 10.1 Å². The molecule has 0 fully saturated rings. The summed E-state index contributed by atoms with van der Waals surface area (Å²) in [7, 11) is -3.77. The van der Waals surface area contributed by atoms with E-state index in [0.29, 0.717) is 22.6 Å². The summed E-state index contributed by atoms with van der Waals surface area (Å²) < 4.78 is 34.1. The molecule has 0 aliphatic heterocycles. The Hall–Kier alpha value is -3.39. The summed E-state index contributed by atoms with van der Waals surface area (Å²) >= 11 is 0. The van der Waals surface area contributed by atoms with Crippen molar-refractivity contribution in [1.82, 2.24) is 10.3 Å². The molecule has 0 radical (unpaired) electrons. The molecule has 0 unspecified atom stereocenters. The summed E-state index contributed by atoms with van der Waals surface area (Å²) in [5.74, 6) is 0.207. The maximum absolute atomic E-state index is 12.9. The molecule has 0 aliphatic carbocycles. The van der Waals surface area contributed by atoms with Gasteiger partial charge in [0.1, 0.15) is 11.3 Å². The highest BCUT2D eigenvalue weighted by Gasteiger charge is 2.18. The van der Waals surface area contributed by atoms with Gasteiger partial charge in [0.2, 0.25) is 5.88 Å². The summed E-state index contributed by atoms with van der Waals surface area (Å²) in [5, 5.41) is 2.89. The van der Waals surface area contributed by atoms with Crippen LogP contribution in [0.3, 0.4) is 0 Å². The number of carbonyl (C=O) groups excluding carboxylic acids is 1. The number of hydrogen-bond donors (Lipinski definition) is 2. The van der Waals surface area contributed by atoms with Crippen LogP contribution in [0.1, 0.15) is 41.8 Å². The molecular weight excluding hydrogens is 426 g/mol. The molecule has 0 saturated heterocycles. The molecule has 7 nitrogen and oxygen atoms in total. The van der Waals surface area contributed by atoms with Crippen molar-refractivity contribution in [2.75, 3.05) is 4.72 Å². The second kappa shape index (κ2) is 9.82. The van der Waals surface area contributed by atoms with E-state index in [1.807, 2.05) is 26.8 Å². The van der Waals surface area contributed by atoms with Crippen molar-refractivity contribution in [1.29, 1.82) is 0 Å². The molecule has 0 aliphatic rings. The summed E-state index contributed by atoms with van der Waals surface area (Å²) in [6.07, 6.45) is 2.33. The van der Waals surface area contributed by atoms with E-state index in [1.165, 1.54) is 6.20 Å². The zero-order chi connectivity index (χ0) is 23.3. The summed E-state index contributed by atoms with van der Waals surface area (Å²) in [4.78, 5) is 17.0. The number of hydrogen-bond acceptors (Lipinski definition) is 5. The Kier molecular flexibility index (Phi) is 7.15. The van der Waals surface area contributed by atoms with Crippen molar-refractivity contribution in [2.45, 2.75) is 45.1 Å². The minimum absolute atomic E-state index is 0.0125. The lowest BCUT2D eigenvalue weighted by atomic mass is 10.2. The highest BCUT2D eigenvalue weighted by molar-refractivity contribution is 7.92. The lowest BCUT2D eigenvalue weighted by molar-refractivity contribution is 0.0936. The predicted molar refractivity (Wildman–Crippen MR) is 125 cm³/mol. The molecule has 168 valence electrons. The van der Waals surface area contributed by atoms with E-state index in [-0.39, 0.29) is 22.7 Å². The first kappa shape index (κ1) is 23.3. The number of sulfonamides is 1. The number of carbonyl (C=O) groups is 1. The van der Waals surface area contributed by atoms with Crippen molar-refractivity contribution >= 4 is 21.6 Å². The van der Waals surface area contributed by atoms with E-state index in [9.17, 15) is 13.2 Å². The molecule has 8 heteroatoms. The molecule has 0 bridgehead atoms. The number of pyridine rings is 1. The highest BCUT2D eigenvalue weighted by atomic mass is 32.2. The fraction of sp³-hybridized carbons (Fsp3) is 0.250. The topological polar surface area (TPSA) is 97.4 Å². The minimum atomic E-state index is -3.77. The molecule has 32 heavy (non-hydrogen) atoms. The van der Waals surface area contributed by atoms with E-state index in [2.05, 4.69) is 15.0 Å². The Morgan fingerprint density at radius 1 is 1.09 bits per heavy atom. The molecular formula is C24H27N3O4S. The van der Waals surface area contributed by atoms with Gasteiger partial charge in [-0.2, -0.15) is 0 Å². The Labute approximate surface area is 188 Å². The average Bonchev–Trinajstić information content (AvgIpc) is 2.73. The number of anilines is 1. The van der Waals surface area contributed by atoms with Crippen molar-refractivity contribution in [3.05, 3.63) is 77.5 Å². The zero-order valence-electron chi connectivity index (χ0n) is 18.5. The van der Waals surface area contributed by atoms with Gasteiger partial charge in [-0.3, -0.25) is 9.52 Å². The van der Waals surface area contributed by atoms with Crippen LogP contribution in [-0.2, 0) is 10.0 Å². The SMILES string of the molecule is CC[C@H](C)NC(=O)c1cccnc1Oc1cccc(NS(=O)(=O)c2ccc(C)cc2C)c1. The predicted octanol–water partition coefficient (Wildman–Crippen LogP) is 4.82. The van der Waals surface area contributed by atoms with Crippen LogP contribution in [0.5, 0.6) is 11.6 Å². The largest absolute Gasteiger partial charge is 0.438 e. The Morgan fingerprint density at radius 2 is 1.88 bits per heavy atom. The van der Waals surface area contributed by atoms with Crippen LogP contribution in [0.15, 0.2) is 65.7 Å². The number of ether oxygens (including phenoxy) is 1. The number of rotatable bonds is 8. The Balaban J connectivity index is 1.83. The minimum Gasteiger partial charge on any atom is -0.438 e. The lowest BCUT2D eigenvalue weighted by Crippen LogP contribution is -2.32. The van der Waals surface area contributed by atoms with Gasteiger partial charge in [-0.1, -0.05) is 30.7 Å². The van der Waals surface area contributed by atoms with Crippen LogP contribution in [0.2, 0.25) is 0 Å². The normalized spacial score (nSPS) is 12.1. The van der Waals surface area contributed by atoms with Gasteiger partial charge in [-0.15, -0.1) is 0 Å². The molecule has 1 aromatic heterocycles. The monoisotopic (exact) mass is 453 g/mol. The molecule has 3 rings (SSSR count). The van der Waals surface area contributed by atoms with Gasteiger partial charge in [0.25, 0.3) is 15.9 Å². The molecule has 1 amide bonds. The van der Waals surface area contributed by atoms with Crippen molar-refractivity contribution in [3.63, 3.8) is 0 Å². The van der Waals surface area contributed by atoms with Crippen LogP contribution >= 0.6 is 0 Å². The number of amides is 1. The van der Waals surface area contributed by atoms with Crippen LogP contribution in [0, 0.1) is 13.8 Å². The van der Waals surface area contributed by atoms with Crippen molar-refractivity contribution in [3.8, 4) is 11.6 Å². The summed E-state index contributed by atoms with van der Waals surface area (Å²) in [5.41, 5.74) is 2.29. The second-order valence-electron chi connectivity index (χ2n) is 7.64. The molecule has 1 heterocycles. The van der Waals surface area contributed by atoms with E-state index in [0.717, 1.165) is 12.0 Å².